The van der Waals surface area contributed by atoms with Crippen molar-refractivity contribution in [3.8, 4) is 17.2 Å². The minimum atomic E-state index is -0.937. The van der Waals surface area contributed by atoms with Crippen LogP contribution in [0.3, 0.4) is 0 Å². The van der Waals surface area contributed by atoms with E-state index < -0.39 is 11.7 Å². The van der Waals surface area contributed by atoms with Gasteiger partial charge in [-0.2, -0.15) is 5.26 Å². The summed E-state index contributed by atoms with van der Waals surface area (Å²) >= 11 is 0. The van der Waals surface area contributed by atoms with Gasteiger partial charge in [-0.15, -0.1) is 0 Å². The quantitative estimate of drug-likeness (QED) is 0.517. The van der Waals surface area contributed by atoms with Crippen LogP contribution in [-0.4, -0.2) is 0 Å². The Labute approximate surface area is 145 Å². The lowest BCUT2D eigenvalue weighted by atomic mass is 10.0. The lowest BCUT2D eigenvalue weighted by Crippen LogP contribution is -1.86. The maximum atomic E-state index is 14.4. The van der Waals surface area contributed by atoms with Gasteiger partial charge in [-0.05, 0) is 30.2 Å². The largest absolute Gasteiger partial charge is 0.203 e. The molecule has 0 aliphatic carbocycles. The van der Waals surface area contributed by atoms with Crippen LogP contribution in [0.4, 0.5) is 8.78 Å². The molecule has 3 rings (SSSR count). The van der Waals surface area contributed by atoms with Crippen LogP contribution in [0, 0.1) is 18.3 Å². The Bertz CT molecular complexity index is 945. The summed E-state index contributed by atoms with van der Waals surface area (Å²) in [4.78, 5) is 0. The van der Waals surface area contributed by atoms with E-state index in [9.17, 15) is 8.78 Å². The second-order valence-corrected chi connectivity index (χ2v) is 5.76. The Morgan fingerprint density at radius 1 is 0.680 bits per heavy atom. The molecule has 0 heterocycles. The van der Waals surface area contributed by atoms with Crippen molar-refractivity contribution in [3.05, 3.63) is 95.1 Å². The number of benzene rings is 3. The van der Waals surface area contributed by atoms with Gasteiger partial charge in [-0.3, -0.25) is 0 Å². The van der Waals surface area contributed by atoms with E-state index in [0.29, 0.717) is 5.56 Å². The summed E-state index contributed by atoms with van der Waals surface area (Å²) in [5, 5.41) is 8.76. The molecule has 0 saturated carbocycles. The van der Waals surface area contributed by atoms with Crippen molar-refractivity contribution in [3.63, 3.8) is 0 Å². The molecule has 0 aromatic heterocycles. The van der Waals surface area contributed by atoms with Crippen molar-refractivity contribution < 1.29 is 8.78 Å². The minimum Gasteiger partial charge on any atom is -0.203 e. The monoisotopic (exact) mass is 331 g/mol. The third kappa shape index (κ3) is 3.64. The molecule has 0 saturated heterocycles. The van der Waals surface area contributed by atoms with E-state index in [1.165, 1.54) is 29.8 Å². The van der Waals surface area contributed by atoms with Crippen molar-refractivity contribution in [2.75, 3.05) is 0 Å². The van der Waals surface area contributed by atoms with E-state index in [1.54, 1.807) is 24.3 Å². The van der Waals surface area contributed by atoms with Crippen LogP contribution in [0.5, 0.6) is 0 Å². The van der Waals surface area contributed by atoms with Crippen LogP contribution in [-0.2, 0) is 0 Å². The van der Waals surface area contributed by atoms with Gasteiger partial charge < -0.3 is 0 Å². The molecule has 3 heteroatoms. The van der Waals surface area contributed by atoms with E-state index in [1.807, 2.05) is 37.3 Å². The van der Waals surface area contributed by atoms with Gasteiger partial charge in [0.1, 0.15) is 0 Å². The molecule has 0 spiro atoms. The number of nitriles is 1. The third-order valence-electron chi connectivity index (χ3n) is 3.98. The average Bonchev–Trinajstić information content (AvgIpc) is 2.67. The van der Waals surface area contributed by atoms with Crippen molar-refractivity contribution in [2.45, 2.75) is 6.92 Å². The Hall–Kier alpha value is -3.25. The standard InChI is InChI=1S/C22H15F2N/c1-15-2-6-17(7-3-15)18-10-12-20(13-11-18)22(24)21(23)19-8-4-16(14-25)5-9-19/h2-13H,1H3/b22-21+. The maximum absolute atomic E-state index is 14.4. The van der Waals surface area contributed by atoms with Crippen LogP contribution >= 0.6 is 0 Å². The highest BCUT2D eigenvalue weighted by atomic mass is 19.2. The van der Waals surface area contributed by atoms with Gasteiger partial charge >= 0.3 is 0 Å². The number of hydrogen-bond donors (Lipinski definition) is 0. The molecule has 0 amide bonds. The highest BCUT2D eigenvalue weighted by Gasteiger charge is 2.11. The minimum absolute atomic E-state index is 0.110. The highest BCUT2D eigenvalue weighted by molar-refractivity contribution is 5.83. The van der Waals surface area contributed by atoms with Gasteiger partial charge in [-0.1, -0.05) is 66.2 Å². The molecule has 122 valence electrons. The topological polar surface area (TPSA) is 23.8 Å². The summed E-state index contributed by atoms with van der Waals surface area (Å²) in [6, 6.07) is 22.3. The molecule has 3 aromatic rings. The first-order valence-electron chi connectivity index (χ1n) is 7.82. The summed E-state index contributed by atoms with van der Waals surface area (Å²) in [5.41, 5.74) is 3.82. The fourth-order valence-electron chi connectivity index (χ4n) is 2.50. The summed E-state index contributed by atoms with van der Waals surface area (Å²) < 4.78 is 28.8. The van der Waals surface area contributed by atoms with Crippen molar-refractivity contribution in [2.24, 2.45) is 0 Å². The molecule has 0 unspecified atom stereocenters. The molecular formula is C22H15F2N. The number of aryl methyl sites for hydroxylation is 1. The second-order valence-electron chi connectivity index (χ2n) is 5.76. The molecule has 0 aliphatic heterocycles. The number of hydrogen-bond acceptors (Lipinski definition) is 1. The van der Waals surface area contributed by atoms with E-state index in [2.05, 4.69) is 0 Å². The van der Waals surface area contributed by atoms with Crippen LogP contribution in [0.2, 0.25) is 0 Å². The smallest absolute Gasteiger partial charge is 0.166 e. The zero-order chi connectivity index (χ0) is 17.8. The summed E-state index contributed by atoms with van der Waals surface area (Å²) in [5.74, 6) is -1.85. The first kappa shape index (κ1) is 16.6. The second kappa shape index (κ2) is 7.11. The summed E-state index contributed by atoms with van der Waals surface area (Å²) in [6.07, 6.45) is 0. The number of rotatable bonds is 3. The molecule has 0 bridgehead atoms. The molecule has 0 aliphatic rings. The van der Waals surface area contributed by atoms with Crippen LogP contribution in [0.1, 0.15) is 22.3 Å². The lowest BCUT2D eigenvalue weighted by Gasteiger charge is -2.05. The van der Waals surface area contributed by atoms with E-state index >= 15 is 0 Å². The van der Waals surface area contributed by atoms with Gasteiger partial charge in [0.2, 0.25) is 0 Å². The highest BCUT2D eigenvalue weighted by Crippen LogP contribution is 2.30. The lowest BCUT2D eigenvalue weighted by molar-refractivity contribution is 0.700. The van der Waals surface area contributed by atoms with Crippen LogP contribution in [0.25, 0.3) is 22.8 Å². The van der Waals surface area contributed by atoms with Crippen molar-refractivity contribution >= 4 is 11.7 Å². The third-order valence-corrected chi connectivity index (χ3v) is 3.98. The Kier molecular flexibility index (Phi) is 4.72. The maximum Gasteiger partial charge on any atom is 0.166 e. The number of nitrogens with zero attached hydrogens (tertiary/aromatic N) is 1. The van der Waals surface area contributed by atoms with Gasteiger partial charge in [0.05, 0.1) is 11.6 Å². The van der Waals surface area contributed by atoms with E-state index in [-0.39, 0.29) is 11.1 Å². The SMILES string of the molecule is Cc1ccc(-c2ccc(/C(F)=C(\F)c3ccc(C#N)cc3)cc2)cc1. The fraction of sp³-hybridized carbons (Fsp3) is 0.0455. The molecule has 0 atom stereocenters. The van der Waals surface area contributed by atoms with Gasteiger partial charge in [0.15, 0.2) is 11.7 Å². The first-order chi connectivity index (χ1) is 12.1. The predicted octanol–water partition coefficient (Wildman–Crippen LogP) is 6.30. The zero-order valence-corrected chi connectivity index (χ0v) is 13.6. The molecule has 3 aromatic carbocycles. The Morgan fingerprint density at radius 2 is 1.08 bits per heavy atom. The van der Waals surface area contributed by atoms with E-state index in [4.69, 9.17) is 5.26 Å². The zero-order valence-electron chi connectivity index (χ0n) is 13.6. The summed E-state index contributed by atoms with van der Waals surface area (Å²) in [6.45, 7) is 2.01. The van der Waals surface area contributed by atoms with Crippen LogP contribution in [0.15, 0.2) is 72.8 Å². The van der Waals surface area contributed by atoms with Crippen molar-refractivity contribution in [1.82, 2.24) is 0 Å². The molecular weight excluding hydrogens is 316 g/mol. The van der Waals surface area contributed by atoms with Gasteiger partial charge in [0, 0.05) is 11.1 Å². The van der Waals surface area contributed by atoms with Gasteiger partial charge in [0.25, 0.3) is 0 Å². The molecule has 0 radical (unpaired) electrons. The average molecular weight is 331 g/mol. The fourth-order valence-corrected chi connectivity index (χ4v) is 2.50. The first-order valence-corrected chi connectivity index (χ1v) is 7.82. The van der Waals surface area contributed by atoms with Crippen LogP contribution < -0.4 is 0 Å². The molecule has 0 N–H and O–H groups in total. The van der Waals surface area contributed by atoms with Gasteiger partial charge in [-0.25, -0.2) is 8.78 Å². The van der Waals surface area contributed by atoms with Crippen molar-refractivity contribution in [1.29, 1.82) is 5.26 Å². The molecule has 0 fully saturated rings. The predicted molar refractivity (Wildman–Crippen MR) is 96.8 cm³/mol. The summed E-state index contributed by atoms with van der Waals surface area (Å²) in [7, 11) is 0. The molecule has 1 nitrogen and oxygen atoms in total. The molecule has 25 heavy (non-hydrogen) atoms. The number of halogens is 2. The normalized spacial score (nSPS) is 11.6. The Morgan fingerprint density at radius 3 is 1.52 bits per heavy atom. The van der Waals surface area contributed by atoms with E-state index in [0.717, 1.165) is 11.1 Å². The Balaban J connectivity index is 1.89.